The fourth-order valence-electron chi connectivity index (χ4n) is 3.06. The molecule has 7 nitrogen and oxygen atoms in total. The van der Waals surface area contributed by atoms with E-state index in [-0.39, 0.29) is 18.0 Å². The molecular weight excluding hydrogens is 272 g/mol. The average molecular weight is 294 g/mol. The molecule has 1 N–H and O–H groups in total. The van der Waals surface area contributed by atoms with Gasteiger partial charge in [-0.1, -0.05) is 5.16 Å². The first-order valence-corrected chi connectivity index (χ1v) is 7.64. The highest BCUT2D eigenvalue weighted by atomic mass is 16.5. The number of nitrogens with one attached hydrogen (secondary N) is 1. The molecule has 3 heterocycles. The number of likely N-dealkylation sites (tertiary alicyclic amines) is 1. The lowest BCUT2D eigenvalue weighted by Gasteiger charge is -2.26. The van der Waals surface area contributed by atoms with Crippen molar-refractivity contribution in [2.45, 2.75) is 44.7 Å². The molecule has 0 bridgehead atoms. The molecule has 7 heteroatoms. The summed E-state index contributed by atoms with van der Waals surface area (Å²) in [5, 5.41) is 7.09. The minimum atomic E-state index is 0.0778. The van der Waals surface area contributed by atoms with Gasteiger partial charge in [-0.3, -0.25) is 9.69 Å². The highest BCUT2D eigenvalue weighted by Crippen LogP contribution is 2.29. The maximum atomic E-state index is 12.2. The molecule has 0 radical (unpaired) electrons. The van der Waals surface area contributed by atoms with Crippen LogP contribution in [0.1, 0.15) is 43.4 Å². The SMILES string of the molecule is Cc1nc([C@@H]2CCCN2CC(=O)NC2CCOCC2)no1. The first-order valence-electron chi connectivity index (χ1n) is 7.64. The Morgan fingerprint density at radius 1 is 1.38 bits per heavy atom. The summed E-state index contributed by atoms with van der Waals surface area (Å²) in [4.78, 5) is 18.6. The van der Waals surface area contributed by atoms with Crippen molar-refractivity contribution < 1.29 is 14.1 Å². The van der Waals surface area contributed by atoms with Crippen LogP contribution in [0.4, 0.5) is 0 Å². The van der Waals surface area contributed by atoms with Gasteiger partial charge in [-0.25, -0.2) is 0 Å². The van der Waals surface area contributed by atoms with Crippen LogP contribution < -0.4 is 5.32 Å². The van der Waals surface area contributed by atoms with E-state index < -0.39 is 0 Å². The van der Waals surface area contributed by atoms with Crippen LogP contribution in [0.2, 0.25) is 0 Å². The van der Waals surface area contributed by atoms with Crippen LogP contribution in [0, 0.1) is 6.92 Å². The lowest BCUT2D eigenvalue weighted by Crippen LogP contribution is -2.44. The predicted molar refractivity (Wildman–Crippen MR) is 74.6 cm³/mol. The molecule has 1 amide bonds. The Morgan fingerprint density at radius 3 is 2.90 bits per heavy atom. The Balaban J connectivity index is 1.54. The van der Waals surface area contributed by atoms with Crippen molar-refractivity contribution in [1.29, 1.82) is 0 Å². The number of amides is 1. The average Bonchev–Trinajstić information content (AvgIpc) is 3.08. The van der Waals surface area contributed by atoms with Crippen molar-refractivity contribution >= 4 is 5.91 Å². The van der Waals surface area contributed by atoms with E-state index in [4.69, 9.17) is 9.26 Å². The van der Waals surface area contributed by atoms with E-state index in [0.29, 0.717) is 18.3 Å². The van der Waals surface area contributed by atoms with Gasteiger partial charge in [0.05, 0.1) is 12.6 Å². The number of rotatable bonds is 4. The Bertz CT molecular complexity index is 484. The molecule has 21 heavy (non-hydrogen) atoms. The van der Waals surface area contributed by atoms with E-state index in [9.17, 15) is 4.79 Å². The van der Waals surface area contributed by atoms with E-state index in [0.717, 1.165) is 45.4 Å². The largest absolute Gasteiger partial charge is 0.381 e. The molecule has 2 fully saturated rings. The highest BCUT2D eigenvalue weighted by Gasteiger charge is 2.31. The summed E-state index contributed by atoms with van der Waals surface area (Å²) in [6.07, 6.45) is 3.84. The van der Waals surface area contributed by atoms with Gasteiger partial charge in [0.15, 0.2) is 5.82 Å². The standard InChI is InChI=1S/C14H22N4O3/c1-10-15-14(17-21-10)12-3-2-6-18(12)9-13(19)16-11-4-7-20-8-5-11/h11-12H,2-9H2,1H3,(H,16,19)/t12-/m0/s1. The quantitative estimate of drug-likeness (QED) is 0.885. The minimum Gasteiger partial charge on any atom is -0.381 e. The smallest absolute Gasteiger partial charge is 0.234 e. The van der Waals surface area contributed by atoms with Crippen LogP contribution in [0.3, 0.4) is 0 Å². The summed E-state index contributed by atoms with van der Waals surface area (Å²) in [6, 6.07) is 0.350. The Hall–Kier alpha value is -1.47. The zero-order valence-corrected chi connectivity index (χ0v) is 12.4. The van der Waals surface area contributed by atoms with Gasteiger partial charge in [0.1, 0.15) is 0 Å². The van der Waals surface area contributed by atoms with Crippen LogP contribution >= 0.6 is 0 Å². The Labute approximate surface area is 124 Å². The molecule has 1 atom stereocenters. The fraction of sp³-hybridized carbons (Fsp3) is 0.786. The topological polar surface area (TPSA) is 80.5 Å². The summed E-state index contributed by atoms with van der Waals surface area (Å²) in [5.74, 6) is 1.35. The third-order valence-electron chi connectivity index (χ3n) is 4.14. The van der Waals surface area contributed by atoms with Crippen molar-refractivity contribution in [3.05, 3.63) is 11.7 Å². The molecule has 0 saturated carbocycles. The number of carbonyl (C=O) groups is 1. The molecule has 3 rings (SSSR count). The van der Waals surface area contributed by atoms with Crippen LogP contribution in [0.25, 0.3) is 0 Å². The maximum Gasteiger partial charge on any atom is 0.234 e. The van der Waals surface area contributed by atoms with Crippen molar-refractivity contribution in [2.24, 2.45) is 0 Å². The van der Waals surface area contributed by atoms with Crippen molar-refractivity contribution in [2.75, 3.05) is 26.3 Å². The summed E-state index contributed by atoms with van der Waals surface area (Å²) in [5.41, 5.74) is 0. The van der Waals surface area contributed by atoms with E-state index in [1.54, 1.807) is 6.92 Å². The van der Waals surface area contributed by atoms with Crippen LogP contribution in [0.15, 0.2) is 4.52 Å². The summed E-state index contributed by atoms with van der Waals surface area (Å²) in [6.45, 7) is 4.56. The molecule has 2 aliphatic heterocycles. The molecular formula is C14H22N4O3. The number of carbonyl (C=O) groups excluding carboxylic acids is 1. The molecule has 0 spiro atoms. The van der Waals surface area contributed by atoms with Crippen LogP contribution in [-0.2, 0) is 9.53 Å². The molecule has 2 saturated heterocycles. The number of aryl methyl sites for hydroxylation is 1. The first kappa shape index (κ1) is 14.5. The highest BCUT2D eigenvalue weighted by molar-refractivity contribution is 5.78. The van der Waals surface area contributed by atoms with Gasteiger partial charge in [-0.15, -0.1) is 0 Å². The number of hydrogen-bond acceptors (Lipinski definition) is 6. The lowest BCUT2D eigenvalue weighted by molar-refractivity contribution is -0.123. The third kappa shape index (κ3) is 3.59. The molecule has 0 aliphatic carbocycles. The van der Waals surface area contributed by atoms with Crippen molar-refractivity contribution in [3.63, 3.8) is 0 Å². The van der Waals surface area contributed by atoms with Crippen LogP contribution in [-0.4, -0.2) is 53.3 Å². The molecule has 0 unspecified atom stereocenters. The van der Waals surface area contributed by atoms with Gasteiger partial charge >= 0.3 is 0 Å². The number of hydrogen-bond donors (Lipinski definition) is 1. The molecule has 1 aromatic rings. The minimum absolute atomic E-state index is 0.0778. The number of aromatic nitrogens is 2. The second kappa shape index (κ2) is 6.53. The zero-order valence-electron chi connectivity index (χ0n) is 12.4. The van der Waals surface area contributed by atoms with Gasteiger partial charge in [-0.05, 0) is 32.2 Å². The fourth-order valence-corrected chi connectivity index (χ4v) is 3.06. The molecule has 0 aromatic carbocycles. The molecule has 2 aliphatic rings. The number of ether oxygens (including phenoxy) is 1. The van der Waals surface area contributed by atoms with E-state index >= 15 is 0 Å². The second-order valence-electron chi connectivity index (χ2n) is 5.75. The zero-order chi connectivity index (χ0) is 14.7. The second-order valence-corrected chi connectivity index (χ2v) is 5.75. The molecule has 1 aromatic heterocycles. The predicted octanol–water partition coefficient (Wildman–Crippen LogP) is 0.810. The van der Waals surface area contributed by atoms with E-state index in [1.165, 1.54) is 0 Å². The normalized spacial score (nSPS) is 24.3. The summed E-state index contributed by atoms with van der Waals surface area (Å²) >= 11 is 0. The Morgan fingerprint density at radius 2 is 2.19 bits per heavy atom. The first-order chi connectivity index (χ1) is 10.2. The van der Waals surface area contributed by atoms with Gasteiger partial charge in [-0.2, -0.15) is 4.98 Å². The van der Waals surface area contributed by atoms with Crippen molar-refractivity contribution in [3.8, 4) is 0 Å². The van der Waals surface area contributed by atoms with Gasteiger partial charge in [0.2, 0.25) is 11.8 Å². The van der Waals surface area contributed by atoms with Gasteiger partial charge in [0.25, 0.3) is 0 Å². The molecule has 116 valence electrons. The van der Waals surface area contributed by atoms with Crippen molar-refractivity contribution in [1.82, 2.24) is 20.4 Å². The van der Waals surface area contributed by atoms with Gasteiger partial charge in [0, 0.05) is 26.2 Å². The lowest BCUT2D eigenvalue weighted by atomic mass is 10.1. The monoisotopic (exact) mass is 294 g/mol. The third-order valence-corrected chi connectivity index (χ3v) is 4.14. The maximum absolute atomic E-state index is 12.2. The van der Waals surface area contributed by atoms with Crippen LogP contribution in [0.5, 0.6) is 0 Å². The van der Waals surface area contributed by atoms with E-state index in [2.05, 4.69) is 20.4 Å². The Kier molecular flexibility index (Phi) is 4.50. The number of nitrogens with zero attached hydrogens (tertiary/aromatic N) is 3. The summed E-state index contributed by atoms with van der Waals surface area (Å²) in [7, 11) is 0. The van der Waals surface area contributed by atoms with E-state index in [1.807, 2.05) is 0 Å². The summed E-state index contributed by atoms with van der Waals surface area (Å²) < 4.78 is 10.4. The van der Waals surface area contributed by atoms with Gasteiger partial charge < -0.3 is 14.6 Å².